The summed E-state index contributed by atoms with van der Waals surface area (Å²) in [6.07, 6.45) is 5.52. The Morgan fingerprint density at radius 2 is 1.56 bits per heavy atom. The molecule has 0 fully saturated rings. The van der Waals surface area contributed by atoms with E-state index in [9.17, 15) is 0 Å². The molecule has 0 amide bonds. The minimum atomic E-state index is 0.724. The van der Waals surface area contributed by atoms with E-state index in [0.29, 0.717) is 0 Å². The van der Waals surface area contributed by atoms with Gasteiger partial charge in [0.1, 0.15) is 0 Å². The Kier molecular flexibility index (Phi) is 5.00. The van der Waals surface area contributed by atoms with E-state index in [1.54, 1.807) is 22.5 Å². The second-order valence-electron chi connectivity index (χ2n) is 2.74. The van der Waals surface area contributed by atoms with Gasteiger partial charge >= 0.3 is 72.4 Å². The van der Waals surface area contributed by atoms with Crippen LogP contribution in [0.2, 0.25) is 3.43 Å². The molecule has 0 atom stereocenters. The molecule has 3 radical (unpaired) electrons. The third kappa shape index (κ3) is 3.49. The molecule has 0 nitrogen and oxygen atoms in total. The molecule has 1 heteroatoms. The average molecular weight is 232 g/mol. The molecule has 0 unspecified atom stereocenters. The molecule has 0 aromatic rings. The number of hydrogen-bond acceptors (Lipinski definition) is 0. The Morgan fingerprint density at radius 3 is 1.67 bits per heavy atom. The Balaban J connectivity index is 3.62. The second-order valence-corrected chi connectivity index (χ2v) is 5.76. The predicted octanol–water partition coefficient (Wildman–Crippen LogP) is 2.93. The summed E-state index contributed by atoms with van der Waals surface area (Å²) in [7, 11) is 0. The van der Waals surface area contributed by atoms with Crippen molar-refractivity contribution in [2.45, 2.75) is 49.9 Å². The van der Waals surface area contributed by atoms with Gasteiger partial charge in [-0.1, -0.05) is 0 Å². The van der Waals surface area contributed by atoms with E-state index >= 15 is 0 Å². The predicted molar refractivity (Wildman–Crippen MR) is 43.9 cm³/mol. The van der Waals surface area contributed by atoms with E-state index in [0.717, 1.165) is 3.43 Å². The molecule has 0 rings (SSSR count). The summed E-state index contributed by atoms with van der Waals surface area (Å²) in [5.74, 6) is 0. The molecule has 0 N–H and O–H groups in total. The van der Waals surface area contributed by atoms with Gasteiger partial charge < -0.3 is 0 Å². The fourth-order valence-corrected chi connectivity index (χ4v) is 1.80. The maximum atomic E-state index is 2.31. The zero-order valence-corrected chi connectivity index (χ0v) is 9.68. The van der Waals surface area contributed by atoms with Crippen molar-refractivity contribution in [1.82, 2.24) is 0 Å². The summed E-state index contributed by atoms with van der Waals surface area (Å²) in [5.41, 5.74) is 0. The summed E-state index contributed by atoms with van der Waals surface area (Å²) in [6.45, 7) is 6.91. The Labute approximate surface area is 72.5 Å². The first kappa shape index (κ1) is 9.80. The van der Waals surface area contributed by atoms with E-state index in [4.69, 9.17) is 0 Å². The van der Waals surface area contributed by atoms with Crippen molar-refractivity contribution in [2.75, 3.05) is 0 Å². The van der Waals surface area contributed by atoms with Crippen LogP contribution in [0.4, 0.5) is 0 Å². The Morgan fingerprint density at radius 1 is 1.11 bits per heavy atom. The fourth-order valence-electron chi connectivity index (χ4n) is 1.08. The average Bonchev–Trinajstić information content (AvgIpc) is 1.89. The summed E-state index contributed by atoms with van der Waals surface area (Å²) in [6, 6.07) is 0. The third-order valence-corrected chi connectivity index (χ3v) is 4.81. The van der Waals surface area contributed by atoms with E-state index in [1.165, 1.54) is 25.7 Å². The van der Waals surface area contributed by atoms with Gasteiger partial charge in [-0.2, -0.15) is 0 Å². The molecule has 0 heterocycles. The van der Waals surface area contributed by atoms with Crippen LogP contribution in [0.15, 0.2) is 0 Å². The molecule has 0 aliphatic carbocycles. The molecule has 0 spiro atoms. The minimum absolute atomic E-state index is 0.724. The summed E-state index contributed by atoms with van der Waals surface area (Å²) < 4.78 is 0.724. The fraction of sp³-hybridized carbons (Fsp3) is 1.00. The van der Waals surface area contributed by atoms with Gasteiger partial charge in [-0.05, 0) is 0 Å². The van der Waals surface area contributed by atoms with Crippen LogP contribution in [-0.2, 0) is 0 Å². The SMILES string of the molecule is CCC[C]([Sn])(CC)CC. The van der Waals surface area contributed by atoms with Crippen LogP contribution in [0.25, 0.3) is 0 Å². The van der Waals surface area contributed by atoms with Crippen molar-refractivity contribution in [3.63, 3.8) is 0 Å². The standard InChI is InChI=1S/C8H17.Sn/c1-4-7-8(5-2)6-3;/h4-7H2,1-3H3;. The summed E-state index contributed by atoms with van der Waals surface area (Å²) >= 11 is 1.73. The van der Waals surface area contributed by atoms with Crippen molar-refractivity contribution in [2.24, 2.45) is 0 Å². The van der Waals surface area contributed by atoms with Crippen molar-refractivity contribution < 1.29 is 0 Å². The van der Waals surface area contributed by atoms with Gasteiger partial charge in [-0.25, -0.2) is 0 Å². The van der Waals surface area contributed by atoms with Gasteiger partial charge in [0.25, 0.3) is 0 Å². The van der Waals surface area contributed by atoms with Crippen molar-refractivity contribution >= 4 is 22.5 Å². The Bertz CT molecular complexity index is 65.0. The third-order valence-electron chi connectivity index (χ3n) is 2.08. The number of rotatable bonds is 4. The molecular weight excluding hydrogens is 215 g/mol. The van der Waals surface area contributed by atoms with Gasteiger partial charge in [0, 0.05) is 0 Å². The van der Waals surface area contributed by atoms with Crippen molar-refractivity contribution in [3.8, 4) is 0 Å². The molecule has 0 aromatic heterocycles. The molecule has 0 saturated heterocycles. The van der Waals surface area contributed by atoms with E-state index < -0.39 is 0 Å². The molecule has 0 bridgehead atoms. The first-order valence-corrected chi connectivity index (χ1v) is 5.36. The zero-order chi connectivity index (χ0) is 7.33. The monoisotopic (exact) mass is 233 g/mol. The zero-order valence-electron chi connectivity index (χ0n) is 6.83. The van der Waals surface area contributed by atoms with Gasteiger partial charge in [-0.15, -0.1) is 0 Å². The first-order chi connectivity index (χ1) is 4.18. The quantitative estimate of drug-likeness (QED) is 0.653. The molecule has 9 heavy (non-hydrogen) atoms. The van der Waals surface area contributed by atoms with Crippen LogP contribution in [0.3, 0.4) is 0 Å². The van der Waals surface area contributed by atoms with Gasteiger partial charge in [0.15, 0.2) is 0 Å². The van der Waals surface area contributed by atoms with Gasteiger partial charge in [0.2, 0.25) is 0 Å². The first-order valence-electron chi connectivity index (χ1n) is 3.93. The van der Waals surface area contributed by atoms with Crippen LogP contribution in [0.1, 0.15) is 46.5 Å². The van der Waals surface area contributed by atoms with Gasteiger partial charge in [-0.3, -0.25) is 0 Å². The molecule has 0 aliphatic heterocycles. The Hall–Kier alpha value is 0.799. The molecular formula is C8H17Sn. The van der Waals surface area contributed by atoms with Crippen LogP contribution < -0.4 is 0 Å². The van der Waals surface area contributed by atoms with E-state index in [2.05, 4.69) is 20.8 Å². The van der Waals surface area contributed by atoms with Crippen molar-refractivity contribution in [3.05, 3.63) is 0 Å². The number of hydrogen-bond donors (Lipinski definition) is 0. The molecule has 53 valence electrons. The van der Waals surface area contributed by atoms with Crippen LogP contribution in [0, 0.1) is 0 Å². The summed E-state index contributed by atoms with van der Waals surface area (Å²) in [4.78, 5) is 0. The van der Waals surface area contributed by atoms with Crippen LogP contribution >= 0.6 is 0 Å². The van der Waals surface area contributed by atoms with Crippen molar-refractivity contribution in [1.29, 1.82) is 0 Å². The normalized spacial score (nSPS) is 12.0. The molecule has 0 saturated carbocycles. The molecule has 0 aliphatic rings. The summed E-state index contributed by atoms with van der Waals surface area (Å²) in [5, 5.41) is 0. The van der Waals surface area contributed by atoms with Gasteiger partial charge in [0.05, 0.1) is 0 Å². The van der Waals surface area contributed by atoms with E-state index in [1.807, 2.05) is 0 Å². The van der Waals surface area contributed by atoms with Crippen LogP contribution in [0.5, 0.6) is 0 Å². The maximum absolute atomic E-state index is 2.31. The van der Waals surface area contributed by atoms with Crippen LogP contribution in [-0.4, -0.2) is 22.5 Å². The van der Waals surface area contributed by atoms with E-state index in [-0.39, 0.29) is 0 Å². The second kappa shape index (κ2) is 4.59. The molecule has 0 aromatic carbocycles. The topological polar surface area (TPSA) is 0 Å².